The number of benzene rings is 5. The SMILES string of the molecule is CC(C)CN(CC(C)C)c1ccc(-c2ccccc2/C(N)=N/N(N)C(c2ccccc2)(c2ccccc2)c2ccccc2)cc1N. The van der Waals surface area contributed by atoms with Crippen molar-refractivity contribution in [3.63, 3.8) is 0 Å². The first kappa shape index (κ1) is 32.3. The summed E-state index contributed by atoms with van der Waals surface area (Å²) in [6.07, 6.45) is 0. The van der Waals surface area contributed by atoms with Crippen LogP contribution in [0.1, 0.15) is 49.9 Å². The molecule has 0 heterocycles. The highest BCUT2D eigenvalue weighted by Crippen LogP contribution is 2.41. The number of anilines is 2. The Morgan fingerprint density at radius 3 is 1.57 bits per heavy atom. The van der Waals surface area contributed by atoms with Gasteiger partial charge in [-0.3, -0.25) is 0 Å². The Bertz CT molecular complexity index is 1630. The Labute approximate surface area is 274 Å². The largest absolute Gasteiger partial charge is 0.397 e. The van der Waals surface area contributed by atoms with Gasteiger partial charge in [-0.25, -0.2) is 11.0 Å². The first-order chi connectivity index (χ1) is 22.2. The second-order valence-electron chi connectivity index (χ2n) is 12.7. The number of hydrogen-bond acceptors (Lipinski definition) is 5. The average Bonchev–Trinajstić information content (AvgIpc) is 3.06. The maximum Gasteiger partial charge on any atom is 0.153 e. The van der Waals surface area contributed by atoms with Gasteiger partial charge in [0.2, 0.25) is 0 Å². The van der Waals surface area contributed by atoms with Crippen molar-refractivity contribution in [1.82, 2.24) is 5.12 Å². The zero-order valence-electron chi connectivity index (χ0n) is 27.3. The Balaban J connectivity index is 1.61. The fourth-order valence-corrected chi connectivity index (χ4v) is 6.30. The minimum atomic E-state index is -0.953. The monoisotopic (exact) mass is 610 g/mol. The van der Waals surface area contributed by atoms with Gasteiger partial charge in [0.1, 0.15) is 5.54 Å². The predicted molar refractivity (Wildman–Crippen MR) is 194 cm³/mol. The van der Waals surface area contributed by atoms with Crippen LogP contribution in [-0.4, -0.2) is 24.0 Å². The van der Waals surface area contributed by atoms with Gasteiger partial charge in [0.05, 0.1) is 11.4 Å². The van der Waals surface area contributed by atoms with Crippen LogP contribution in [0.25, 0.3) is 11.1 Å². The van der Waals surface area contributed by atoms with Gasteiger partial charge in [0.15, 0.2) is 5.84 Å². The zero-order chi connectivity index (χ0) is 32.7. The van der Waals surface area contributed by atoms with Gasteiger partial charge in [-0.05, 0) is 51.8 Å². The number of nitrogen functional groups attached to an aromatic ring is 1. The van der Waals surface area contributed by atoms with Crippen molar-refractivity contribution < 1.29 is 0 Å². The minimum absolute atomic E-state index is 0.300. The van der Waals surface area contributed by atoms with E-state index >= 15 is 0 Å². The van der Waals surface area contributed by atoms with Crippen LogP contribution in [0.4, 0.5) is 11.4 Å². The summed E-state index contributed by atoms with van der Waals surface area (Å²) in [5, 5.41) is 6.44. The molecule has 6 N–H and O–H groups in total. The molecule has 236 valence electrons. The van der Waals surface area contributed by atoms with E-state index in [1.54, 1.807) is 0 Å². The van der Waals surface area contributed by atoms with Crippen molar-refractivity contribution >= 4 is 17.2 Å². The van der Waals surface area contributed by atoms with E-state index < -0.39 is 5.54 Å². The lowest BCUT2D eigenvalue weighted by atomic mass is 9.77. The van der Waals surface area contributed by atoms with Crippen molar-refractivity contribution in [1.29, 1.82) is 0 Å². The van der Waals surface area contributed by atoms with Gasteiger partial charge in [-0.2, -0.15) is 0 Å². The first-order valence-corrected chi connectivity index (χ1v) is 16.0. The van der Waals surface area contributed by atoms with Crippen molar-refractivity contribution in [2.75, 3.05) is 23.7 Å². The maximum atomic E-state index is 7.07. The molecule has 0 radical (unpaired) electrons. The molecule has 0 spiro atoms. The minimum Gasteiger partial charge on any atom is -0.397 e. The fourth-order valence-electron chi connectivity index (χ4n) is 6.30. The van der Waals surface area contributed by atoms with E-state index in [0.717, 1.165) is 57.8 Å². The first-order valence-electron chi connectivity index (χ1n) is 16.0. The molecular weight excluding hydrogens is 564 g/mol. The number of amidine groups is 1. The van der Waals surface area contributed by atoms with Crippen LogP contribution in [0.5, 0.6) is 0 Å². The molecule has 0 aliphatic rings. The zero-order valence-corrected chi connectivity index (χ0v) is 27.3. The average molecular weight is 611 g/mol. The Kier molecular flexibility index (Phi) is 10.1. The van der Waals surface area contributed by atoms with Crippen molar-refractivity contribution in [2.45, 2.75) is 33.2 Å². The van der Waals surface area contributed by atoms with Crippen LogP contribution >= 0.6 is 0 Å². The van der Waals surface area contributed by atoms with E-state index in [4.69, 9.17) is 22.4 Å². The number of hydrazone groups is 1. The lowest BCUT2D eigenvalue weighted by Crippen LogP contribution is -2.50. The summed E-state index contributed by atoms with van der Waals surface area (Å²) < 4.78 is 0. The van der Waals surface area contributed by atoms with Gasteiger partial charge in [0, 0.05) is 18.7 Å². The van der Waals surface area contributed by atoms with E-state index in [0.29, 0.717) is 17.7 Å². The van der Waals surface area contributed by atoms with E-state index in [9.17, 15) is 0 Å². The molecule has 5 rings (SSSR count). The summed E-state index contributed by atoms with van der Waals surface area (Å²) in [5.41, 5.74) is 20.0. The molecule has 0 amide bonds. The van der Waals surface area contributed by atoms with Crippen molar-refractivity contribution in [2.24, 2.45) is 28.5 Å². The quantitative estimate of drug-likeness (QED) is 0.0334. The van der Waals surface area contributed by atoms with Crippen molar-refractivity contribution in [3.05, 3.63) is 156 Å². The second kappa shape index (κ2) is 14.4. The highest BCUT2D eigenvalue weighted by molar-refractivity contribution is 6.03. The Hall–Kier alpha value is -5.07. The highest BCUT2D eigenvalue weighted by Gasteiger charge is 2.41. The molecule has 0 unspecified atom stereocenters. The molecule has 0 aliphatic carbocycles. The summed E-state index contributed by atoms with van der Waals surface area (Å²) in [5.74, 6) is 8.41. The molecule has 0 atom stereocenters. The van der Waals surface area contributed by atoms with E-state index in [1.807, 2.05) is 84.9 Å². The molecule has 0 aliphatic heterocycles. The molecule has 0 saturated heterocycles. The Morgan fingerprint density at radius 1 is 0.652 bits per heavy atom. The molecular formula is C40H46N6. The number of nitrogens with two attached hydrogens (primary N) is 3. The number of nitrogens with zero attached hydrogens (tertiary/aromatic N) is 3. The third-order valence-electron chi connectivity index (χ3n) is 8.19. The molecule has 6 heteroatoms. The molecule has 46 heavy (non-hydrogen) atoms. The molecule has 5 aromatic carbocycles. The highest BCUT2D eigenvalue weighted by atomic mass is 15.7. The van der Waals surface area contributed by atoms with Gasteiger partial charge < -0.3 is 16.4 Å². The lowest BCUT2D eigenvalue weighted by Gasteiger charge is -2.41. The molecule has 5 aromatic rings. The van der Waals surface area contributed by atoms with Crippen LogP contribution in [0.3, 0.4) is 0 Å². The van der Waals surface area contributed by atoms with Crippen LogP contribution in [-0.2, 0) is 5.54 Å². The summed E-state index contributed by atoms with van der Waals surface area (Å²) in [6.45, 7) is 10.8. The van der Waals surface area contributed by atoms with Crippen LogP contribution < -0.4 is 22.2 Å². The van der Waals surface area contributed by atoms with Crippen molar-refractivity contribution in [3.8, 4) is 11.1 Å². The van der Waals surface area contributed by atoms with E-state index in [-0.39, 0.29) is 0 Å². The Morgan fingerprint density at radius 2 is 1.11 bits per heavy atom. The van der Waals surface area contributed by atoms with E-state index in [1.165, 1.54) is 5.12 Å². The van der Waals surface area contributed by atoms with Crippen LogP contribution in [0, 0.1) is 11.8 Å². The van der Waals surface area contributed by atoms with Gasteiger partial charge in [-0.1, -0.05) is 149 Å². The van der Waals surface area contributed by atoms with Crippen LogP contribution in [0.15, 0.2) is 139 Å². The summed E-state index contributed by atoms with van der Waals surface area (Å²) >= 11 is 0. The maximum absolute atomic E-state index is 7.07. The normalized spacial score (nSPS) is 12.0. The third-order valence-corrected chi connectivity index (χ3v) is 8.19. The summed E-state index contributed by atoms with van der Waals surface area (Å²) in [7, 11) is 0. The molecule has 0 aromatic heterocycles. The fraction of sp³-hybridized carbons (Fsp3) is 0.225. The molecule has 0 bridgehead atoms. The van der Waals surface area contributed by atoms with E-state index in [2.05, 4.69) is 81.1 Å². The molecule has 6 nitrogen and oxygen atoms in total. The van der Waals surface area contributed by atoms with Crippen LogP contribution in [0.2, 0.25) is 0 Å². The van der Waals surface area contributed by atoms with Gasteiger partial charge >= 0.3 is 0 Å². The summed E-state index contributed by atoms with van der Waals surface area (Å²) in [6, 6.07) is 44.8. The standard InChI is InChI=1S/C40H46N6/c1-29(2)27-45(28-30(3)4)38-25-24-31(26-37(38)41)35-22-14-15-23-36(35)39(42)44-46(43)40(32-16-8-5-9-17-32,33-18-10-6-11-19-33)34-20-12-7-13-21-34/h5-26,29-30H,27-28,41,43H2,1-4H3,(H2,42,44). The summed E-state index contributed by atoms with van der Waals surface area (Å²) in [4.78, 5) is 2.39. The topological polar surface area (TPSA) is 96.9 Å². The lowest BCUT2D eigenvalue weighted by molar-refractivity contribution is 0.167. The second-order valence-corrected chi connectivity index (χ2v) is 12.7. The predicted octanol–water partition coefficient (Wildman–Crippen LogP) is 7.84. The van der Waals surface area contributed by atoms with Gasteiger partial charge in [-0.15, -0.1) is 5.10 Å². The molecule has 0 fully saturated rings. The number of hydrogen-bond donors (Lipinski definition) is 3. The third kappa shape index (κ3) is 6.77. The number of rotatable bonds is 12. The number of hydrazine groups is 1. The molecule has 0 saturated carbocycles. The van der Waals surface area contributed by atoms with Gasteiger partial charge in [0.25, 0.3) is 0 Å². The smallest absolute Gasteiger partial charge is 0.153 e.